The fraction of sp³-hybridized carbons (Fsp3) is 0.0526. The van der Waals surface area contributed by atoms with Gasteiger partial charge in [-0.25, -0.2) is 4.98 Å². The zero-order chi connectivity index (χ0) is 16.1. The maximum atomic E-state index is 12.4. The van der Waals surface area contributed by atoms with Crippen molar-refractivity contribution in [1.29, 1.82) is 0 Å². The average Bonchev–Trinajstić information content (AvgIpc) is 3.26. The first-order valence-corrected chi connectivity index (χ1v) is 8.47. The molecule has 0 fully saturated rings. The lowest BCUT2D eigenvalue weighted by Gasteiger charge is -1.99. The first kappa shape index (κ1) is 13.5. The van der Waals surface area contributed by atoms with Crippen LogP contribution in [0, 0.1) is 0 Å². The van der Waals surface area contributed by atoms with Crippen LogP contribution in [-0.2, 0) is 6.42 Å². The Kier molecular flexibility index (Phi) is 2.84. The summed E-state index contributed by atoms with van der Waals surface area (Å²) in [6, 6.07) is 17.6. The molecule has 0 aliphatic heterocycles. The Bertz CT molecular complexity index is 1060. The van der Waals surface area contributed by atoms with Gasteiger partial charge in [0, 0.05) is 22.2 Å². The molecule has 0 radical (unpaired) electrons. The second kappa shape index (κ2) is 5.04. The van der Waals surface area contributed by atoms with E-state index in [4.69, 9.17) is 4.42 Å². The van der Waals surface area contributed by atoms with Gasteiger partial charge >= 0.3 is 0 Å². The van der Waals surface area contributed by atoms with Gasteiger partial charge in [0.15, 0.2) is 10.9 Å². The van der Waals surface area contributed by atoms with E-state index >= 15 is 0 Å². The normalized spacial score (nSPS) is 12.2. The summed E-state index contributed by atoms with van der Waals surface area (Å²) in [5.41, 5.74) is 4.14. The largest absolute Gasteiger partial charge is 0.451 e. The molecule has 1 aliphatic rings. The third-order valence-electron chi connectivity index (χ3n) is 4.19. The Morgan fingerprint density at radius 3 is 2.88 bits per heavy atom. The highest BCUT2D eigenvalue weighted by atomic mass is 32.1. The molecule has 2 aromatic heterocycles. The van der Waals surface area contributed by atoms with Crippen molar-refractivity contribution in [1.82, 2.24) is 4.98 Å². The van der Waals surface area contributed by atoms with Crippen LogP contribution in [0.1, 0.15) is 21.0 Å². The zero-order valence-electron chi connectivity index (χ0n) is 12.6. The van der Waals surface area contributed by atoms with Gasteiger partial charge in [-0.1, -0.05) is 42.5 Å². The van der Waals surface area contributed by atoms with Gasteiger partial charge in [-0.2, -0.15) is 0 Å². The molecular formula is C19H12N2O2S. The van der Waals surface area contributed by atoms with Crippen molar-refractivity contribution in [3.05, 3.63) is 70.8 Å². The Hall–Kier alpha value is -2.92. The minimum absolute atomic E-state index is 0.271. The average molecular weight is 332 g/mol. The molecule has 0 saturated carbocycles. The number of nitrogens with one attached hydrogen (secondary N) is 1. The number of amides is 1. The fourth-order valence-corrected chi connectivity index (χ4v) is 4.06. The van der Waals surface area contributed by atoms with Gasteiger partial charge in [0.05, 0.1) is 5.69 Å². The highest BCUT2D eigenvalue weighted by Crippen LogP contribution is 2.40. The van der Waals surface area contributed by atoms with E-state index in [0.29, 0.717) is 16.5 Å². The first-order chi connectivity index (χ1) is 11.8. The van der Waals surface area contributed by atoms with Gasteiger partial charge < -0.3 is 4.42 Å². The molecule has 2 aromatic carbocycles. The maximum absolute atomic E-state index is 12.4. The number of thiazole rings is 1. The topological polar surface area (TPSA) is 55.1 Å². The highest BCUT2D eigenvalue weighted by molar-refractivity contribution is 7.16. The number of anilines is 1. The van der Waals surface area contributed by atoms with Gasteiger partial charge in [0.25, 0.3) is 5.91 Å². The monoisotopic (exact) mass is 332 g/mol. The Balaban J connectivity index is 1.44. The predicted molar refractivity (Wildman–Crippen MR) is 94.5 cm³/mol. The predicted octanol–water partition coefficient (Wildman–Crippen LogP) is 4.71. The molecule has 1 aliphatic carbocycles. The van der Waals surface area contributed by atoms with Crippen LogP contribution in [0.4, 0.5) is 5.13 Å². The molecule has 0 saturated heterocycles. The molecule has 4 nitrogen and oxygen atoms in total. The number of hydrogen-bond acceptors (Lipinski definition) is 4. The summed E-state index contributed by atoms with van der Waals surface area (Å²) in [4.78, 5) is 18.2. The van der Waals surface area contributed by atoms with Crippen molar-refractivity contribution in [2.45, 2.75) is 6.42 Å². The van der Waals surface area contributed by atoms with Gasteiger partial charge in [-0.05, 0) is 17.7 Å². The summed E-state index contributed by atoms with van der Waals surface area (Å²) in [5, 5.41) is 4.38. The van der Waals surface area contributed by atoms with Crippen molar-refractivity contribution in [2.24, 2.45) is 0 Å². The van der Waals surface area contributed by atoms with E-state index in [0.717, 1.165) is 23.1 Å². The summed E-state index contributed by atoms with van der Waals surface area (Å²) in [6.07, 6.45) is 0.879. The first-order valence-electron chi connectivity index (χ1n) is 7.66. The molecule has 116 valence electrons. The molecule has 0 atom stereocenters. The summed E-state index contributed by atoms with van der Waals surface area (Å²) in [7, 11) is 0. The van der Waals surface area contributed by atoms with Crippen molar-refractivity contribution in [3.8, 4) is 11.3 Å². The van der Waals surface area contributed by atoms with Crippen molar-refractivity contribution in [2.75, 3.05) is 5.32 Å². The van der Waals surface area contributed by atoms with E-state index in [1.165, 1.54) is 21.8 Å². The number of hydrogen-bond donors (Lipinski definition) is 1. The van der Waals surface area contributed by atoms with Crippen molar-refractivity contribution in [3.63, 3.8) is 0 Å². The molecule has 5 heteroatoms. The second-order valence-electron chi connectivity index (χ2n) is 5.73. The lowest BCUT2D eigenvalue weighted by atomic mass is 10.1. The Morgan fingerprint density at radius 2 is 1.96 bits per heavy atom. The van der Waals surface area contributed by atoms with Gasteiger partial charge in [-0.15, -0.1) is 11.3 Å². The number of rotatable bonds is 2. The van der Waals surface area contributed by atoms with Crippen molar-refractivity contribution < 1.29 is 9.21 Å². The SMILES string of the molecule is O=C(Nc1nc2c(s1)Cc1ccccc1-2)c1cc2ccccc2o1. The lowest BCUT2D eigenvalue weighted by molar-refractivity contribution is 0.0998. The Morgan fingerprint density at radius 1 is 1.12 bits per heavy atom. The number of carbonyl (C=O) groups excluding carboxylic acids is 1. The standard InChI is InChI=1S/C19H12N2O2S/c22-18(15-9-12-6-2-4-8-14(12)23-15)21-19-20-17-13-7-3-1-5-11(13)10-16(17)24-19/h1-9H,10H2,(H,20,21,22). The summed E-state index contributed by atoms with van der Waals surface area (Å²) < 4.78 is 5.60. The number of aromatic nitrogens is 1. The van der Waals surface area contributed by atoms with E-state index < -0.39 is 0 Å². The molecular weight excluding hydrogens is 320 g/mol. The summed E-state index contributed by atoms with van der Waals surface area (Å²) >= 11 is 1.52. The van der Waals surface area contributed by atoms with Crippen molar-refractivity contribution >= 4 is 33.3 Å². The fourth-order valence-electron chi connectivity index (χ4n) is 3.07. The van der Waals surface area contributed by atoms with E-state index in [-0.39, 0.29) is 5.91 Å². The number of benzene rings is 2. The van der Waals surface area contributed by atoms with Crippen LogP contribution in [0.5, 0.6) is 0 Å². The minimum Gasteiger partial charge on any atom is -0.451 e. The van der Waals surface area contributed by atoms with E-state index in [1.807, 2.05) is 36.4 Å². The molecule has 5 rings (SSSR count). The van der Waals surface area contributed by atoms with Crippen LogP contribution in [0.25, 0.3) is 22.2 Å². The van der Waals surface area contributed by atoms with Crippen LogP contribution in [0.3, 0.4) is 0 Å². The second-order valence-corrected chi connectivity index (χ2v) is 6.81. The molecule has 1 N–H and O–H groups in total. The Labute approximate surface area is 141 Å². The third-order valence-corrected chi connectivity index (χ3v) is 5.16. The van der Waals surface area contributed by atoms with Crippen LogP contribution in [0.15, 0.2) is 59.0 Å². The molecule has 0 spiro atoms. The molecule has 0 unspecified atom stereocenters. The summed E-state index contributed by atoms with van der Waals surface area (Å²) in [5.74, 6) is 0.0267. The van der Waals surface area contributed by atoms with Crippen LogP contribution < -0.4 is 5.32 Å². The quantitative estimate of drug-likeness (QED) is 0.509. The molecule has 4 aromatic rings. The number of carbonyl (C=O) groups is 1. The molecule has 0 bridgehead atoms. The number of fused-ring (bicyclic) bond motifs is 4. The molecule has 2 heterocycles. The number of furan rings is 1. The zero-order valence-corrected chi connectivity index (χ0v) is 13.4. The minimum atomic E-state index is -0.271. The van der Waals surface area contributed by atoms with Crippen LogP contribution >= 0.6 is 11.3 Å². The maximum Gasteiger partial charge on any atom is 0.293 e. The van der Waals surface area contributed by atoms with Crippen LogP contribution in [0.2, 0.25) is 0 Å². The molecule has 24 heavy (non-hydrogen) atoms. The molecule has 1 amide bonds. The van der Waals surface area contributed by atoms with E-state index in [2.05, 4.69) is 22.4 Å². The smallest absolute Gasteiger partial charge is 0.293 e. The van der Waals surface area contributed by atoms with Crippen LogP contribution in [-0.4, -0.2) is 10.9 Å². The summed E-state index contributed by atoms with van der Waals surface area (Å²) in [6.45, 7) is 0. The van der Waals surface area contributed by atoms with E-state index in [1.54, 1.807) is 6.07 Å². The van der Waals surface area contributed by atoms with Gasteiger partial charge in [0.2, 0.25) is 0 Å². The lowest BCUT2D eigenvalue weighted by Crippen LogP contribution is -2.10. The number of para-hydroxylation sites is 1. The van der Waals surface area contributed by atoms with Gasteiger partial charge in [-0.3, -0.25) is 10.1 Å². The third kappa shape index (κ3) is 2.06. The van der Waals surface area contributed by atoms with E-state index in [9.17, 15) is 4.79 Å². The van der Waals surface area contributed by atoms with Gasteiger partial charge in [0.1, 0.15) is 5.58 Å². The number of nitrogens with zero attached hydrogens (tertiary/aromatic N) is 1. The highest BCUT2D eigenvalue weighted by Gasteiger charge is 2.24.